The fraction of sp³-hybridized carbons (Fsp3) is 0.788. The number of hydrogen-bond acceptors (Lipinski definition) is 5. The molecule has 9 atom stereocenters. The lowest BCUT2D eigenvalue weighted by Gasteiger charge is -2.58. The van der Waals surface area contributed by atoms with Crippen LogP contribution >= 0.6 is 0 Å². The molecular formula is C33H49N3O3. The van der Waals surface area contributed by atoms with Crippen molar-refractivity contribution in [1.82, 2.24) is 14.9 Å². The molecule has 5 aliphatic rings. The van der Waals surface area contributed by atoms with E-state index in [1.807, 2.05) is 4.90 Å². The van der Waals surface area contributed by atoms with E-state index in [4.69, 9.17) is 4.74 Å². The maximum Gasteiger partial charge on any atom is 0.222 e. The van der Waals surface area contributed by atoms with E-state index in [0.717, 1.165) is 68.7 Å². The molecule has 6 nitrogen and oxygen atoms in total. The molecule has 6 heteroatoms. The minimum atomic E-state index is -0.129. The van der Waals surface area contributed by atoms with Crippen molar-refractivity contribution in [2.75, 3.05) is 13.1 Å². The molecule has 1 aliphatic heterocycles. The van der Waals surface area contributed by atoms with Crippen molar-refractivity contribution in [3.63, 3.8) is 0 Å². The number of nitrogens with zero attached hydrogens (tertiary/aromatic N) is 3. The van der Waals surface area contributed by atoms with Gasteiger partial charge in [0.1, 0.15) is 12.4 Å². The van der Waals surface area contributed by atoms with E-state index in [1.165, 1.54) is 38.4 Å². The van der Waals surface area contributed by atoms with Gasteiger partial charge in [-0.3, -0.25) is 4.79 Å². The second-order valence-electron chi connectivity index (χ2n) is 14.2. The molecule has 0 bridgehead atoms. The normalized spacial score (nSPS) is 40.6. The highest BCUT2D eigenvalue weighted by Gasteiger charge is 2.59. The van der Waals surface area contributed by atoms with E-state index >= 15 is 0 Å². The molecule has 4 aliphatic carbocycles. The molecular weight excluding hydrogens is 486 g/mol. The van der Waals surface area contributed by atoms with E-state index in [2.05, 4.69) is 36.8 Å². The van der Waals surface area contributed by atoms with Crippen molar-refractivity contribution in [3.8, 4) is 5.88 Å². The molecule has 3 saturated carbocycles. The Morgan fingerprint density at radius 3 is 2.87 bits per heavy atom. The molecule has 0 spiro atoms. The molecule has 1 saturated heterocycles. The third-order valence-corrected chi connectivity index (χ3v) is 12.2. The van der Waals surface area contributed by atoms with Crippen LogP contribution in [-0.4, -0.2) is 51.2 Å². The SMILES string of the molecule is C[C@H](CCC(=O)N1CCC[C@@H](Oc2ccncn2)C1)[C@H]1CC[C@H]2[C@@H]3CC=C4C[C@@H](O)CC[C@]4(C)[C@H]3CC[C@]12C. The maximum atomic E-state index is 13.3. The van der Waals surface area contributed by atoms with Crippen molar-refractivity contribution in [3.05, 3.63) is 30.2 Å². The van der Waals surface area contributed by atoms with Crippen LogP contribution in [0.15, 0.2) is 30.2 Å². The molecule has 214 valence electrons. The van der Waals surface area contributed by atoms with Gasteiger partial charge in [-0.05, 0) is 111 Å². The number of likely N-dealkylation sites (tertiary alicyclic amines) is 1. The largest absolute Gasteiger partial charge is 0.472 e. The average molecular weight is 536 g/mol. The number of carbonyl (C=O) groups excluding carboxylic acids is 1. The molecule has 1 N–H and O–H groups in total. The van der Waals surface area contributed by atoms with Gasteiger partial charge in [-0.15, -0.1) is 0 Å². The smallest absolute Gasteiger partial charge is 0.222 e. The summed E-state index contributed by atoms with van der Waals surface area (Å²) in [6.45, 7) is 9.06. The molecule has 39 heavy (non-hydrogen) atoms. The number of allylic oxidation sites excluding steroid dienone is 1. The number of rotatable bonds is 6. The second-order valence-corrected chi connectivity index (χ2v) is 14.2. The Labute approximate surface area is 235 Å². The molecule has 2 heterocycles. The van der Waals surface area contributed by atoms with Gasteiger partial charge in [0.2, 0.25) is 11.8 Å². The van der Waals surface area contributed by atoms with E-state index in [9.17, 15) is 9.90 Å². The minimum absolute atomic E-state index is 0.0130. The molecule has 1 aromatic rings. The Hall–Kier alpha value is -1.95. The van der Waals surface area contributed by atoms with E-state index in [-0.39, 0.29) is 12.2 Å². The zero-order valence-corrected chi connectivity index (χ0v) is 24.4. The van der Waals surface area contributed by atoms with Crippen LogP contribution in [0.2, 0.25) is 0 Å². The van der Waals surface area contributed by atoms with Gasteiger partial charge in [0.25, 0.3) is 0 Å². The first kappa shape index (κ1) is 27.2. The first-order chi connectivity index (χ1) is 18.8. The predicted octanol–water partition coefficient (Wildman–Crippen LogP) is 6.20. The second kappa shape index (κ2) is 10.8. The Balaban J connectivity index is 1.05. The molecule has 0 radical (unpaired) electrons. The fourth-order valence-corrected chi connectivity index (χ4v) is 10.1. The van der Waals surface area contributed by atoms with Gasteiger partial charge in [0, 0.05) is 25.2 Å². The van der Waals surface area contributed by atoms with Gasteiger partial charge in [-0.1, -0.05) is 32.4 Å². The van der Waals surface area contributed by atoms with Crippen LogP contribution < -0.4 is 4.74 Å². The fourth-order valence-electron chi connectivity index (χ4n) is 10.1. The van der Waals surface area contributed by atoms with E-state index in [1.54, 1.807) is 17.8 Å². The van der Waals surface area contributed by atoms with Gasteiger partial charge < -0.3 is 14.7 Å². The molecule has 4 fully saturated rings. The summed E-state index contributed by atoms with van der Waals surface area (Å²) in [6.07, 6.45) is 18.8. The van der Waals surface area contributed by atoms with Crippen LogP contribution in [0, 0.1) is 40.4 Å². The van der Waals surface area contributed by atoms with Crippen molar-refractivity contribution in [1.29, 1.82) is 0 Å². The average Bonchev–Trinajstić information content (AvgIpc) is 3.30. The monoisotopic (exact) mass is 535 g/mol. The number of amides is 1. The number of carbonyl (C=O) groups is 1. The Morgan fingerprint density at radius 1 is 1.18 bits per heavy atom. The Kier molecular flexibility index (Phi) is 7.54. The van der Waals surface area contributed by atoms with Gasteiger partial charge >= 0.3 is 0 Å². The first-order valence-corrected chi connectivity index (χ1v) is 15.9. The molecule has 6 rings (SSSR count). The number of aromatic nitrogens is 2. The zero-order valence-electron chi connectivity index (χ0n) is 24.4. The highest BCUT2D eigenvalue weighted by molar-refractivity contribution is 5.76. The van der Waals surface area contributed by atoms with Gasteiger partial charge in [-0.25, -0.2) is 9.97 Å². The lowest BCUT2D eigenvalue weighted by Crippen LogP contribution is -2.50. The highest BCUT2D eigenvalue weighted by Crippen LogP contribution is 2.67. The van der Waals surface area contributed by atoms with Crippen LogP contribution in [0.1, 0.15) is 97.8 Å². The van der Waals surface area contributed by atoms with E-state index in [0.29, 0.717) is 41.5 Å². The van der Waals surface area contributed by atoms with Gasteiger partial charge in [0.15, 0.2) is 0 Å². The van der Waals surface area contributed by atoms with Crippen molar-refractivity contribution < 1.29 is 14.6 Å². The quantitative estimate of drug-likeness (QED) is 0.439. The summed E-state index contributed by atoms with van der Waals surface area (Å²) in [7, 11) is 0. The summed E-state index contributed by atoms with van der Waals surface area (Å²) in [5.41, 5.74) is 2.28. The highest BCUT2D eigenvalue weighted by atomic mass is 16.5. The zero-order chi connectivity index (χ0) is 27.2. The van der Waals surface area contributed by atoms with Crippen LogP contribution in [0.3, 0.4) is 0 Å². The molecule has 1 amide bonds. The third kappa shape index (κ3) is 5.04. The summed E-state index contributed by atoms with van der Waals surface area (Å²) in [5.74, 6) is 4.58. The Morgan fingerprint density at radius 2 is 2.05 bits per heavy atom. The topological polar surface area (TPSA) is 75.6 Å². The van der Waals surface area contributed by atoms with E-state index < -0.39 is 0 Å². The summed E-state index contributed by atoms with van der Waals surface area (Å²) in [5, 5.41) is 10.3. The number of piperidine rings is 1. The summed E-state index contributed by atoms with van der Waals surface area (Å²) < 4.78 is 6.04. The van der Waals surface area contributed by atoms with Crippen LogP contribution in [-0.2, 0) is 4.79 Å². The molecule has 0 unspecified atom stereocenters. The summed E-state index contributed by atoms with van der Waals surface area (Å²) >= 11 is 0. The number of hydrogen-bond donors (Lipinski definition) is 1. The molecule has 0 aromatic carbocycles. The number of aliphatic hydroxyl groups excluding tert-OH is 1. The maximum absolute atomic E-state index is 13.3. The Bertz CT molecular complexity index is 1060. The van der Waals surface area contributed by atoms with Crippen LogP contribution in [0.25, 0.3) is 0 Å². The number of ether oxygens (including phenoxy) is 1. The third-order valence-electron chi connectivity index (χ3n) is 12.2. The first-order valence-electron chi connectivity index (χ1n) is 15.9. The summed E-state index contributed by atoms with van der Waals surface area (Å²) in [6, 6.07) is 1.79. The molecule has 1 aromatic heterocycles. The lowest BCUT2D eigenvalue weighted by atomic mass is 9.47. The van der Waals surface area contributed by atoms with Crippen molar-refractivity contribution >= 4 is 5.91 Å². The predicted molar refractivity (Wildman–Crippen MR) is 152 cm³/mol. The minimum Gasteiger partial charge on any atom is -0.472 e. The van der Waals surface area contributed by atoms with Gasteiger partial charge in [0.05, 0.1) is 12.6 Å². The summed E-state index contributed by atoms with van der Waals surface area (Å²) in [4.78, 5) is 23.5. The van der Waals surface area contributed by atoms with Crippen LogP contribution in [0.4, 0.5) is 0 Å². The van der Waals surface area contributed by atoms with Crippen molar-refractivity contribution in [2.24, 2.45) is 40.4 Å². The van der Waals surface area contributed by atoms with Crippen molar-refractivity contribution in [2.45, 2.75) is 110 Å². The van der Waals surface area contributed by atoms with Crippen LogP contribution in [0.5, 0.6) is 5.88 Å². The number of fused-ring (bicyclic) bond motifs is 5. The lowest BCUT2D eigenvalue weighted by molar-refractivity contribution is -0.134. The number of aliphatic hydroxyl groups is 1. The standard InChI is InChI=1S/C33H49N3O3/c1-22(6-11-31(38)36-18-4-5-25(20-36)39-30-14-17-34-21-35-30)27-9-10-28-26-8-7-23-19-24(37)12-15-32(23,2)29(26)13-16-33(27,28)3/h7,14,17,21-22,24-29,37H,4-6,8-13,15-16,18-20H2,1-3H3/t22-,24+,25-,26+,27-,28+,29+,32+,33-/m1/s1. The van der Waals surface area contributed by atoms with Gasteiger partial charge in [-0.2, -0.15) is 0 Å².